The van der Waals surface area contributed by atoms with Crippen molar-refractivity contribution in [2.45, 2.75) is 5.92 Å². The van der Waals surface area contributed by atoms with E-state index in [0.29, 0.717) is 5.75 Å². The van der Waals surface area contributed by atoms with Crippen molar-refractivity contribution in [3.63, 3.8) is 0 Å². The molecule has 0 heterocycles. The monoisotopic (exact) mass is 462 g/mol. The third kappa shape index (κ3) is 4.65. The number of hydrogen-bond donors (Lipinski definition) is 1. The number of rotatable bonds is 7. The molecule has 0 amide bonds. The van der Waals surface area contributed by atoms with Gasteiger partial charge < -0.3 is 0 Å². The fraction of sp³-hybridized carbons (Fsp3) is 0.0323. The fourth-order valence-corrected chi connectivity index (χ4v) is 6.71. The standard InChI is InChI=1S/C31H27O2P/c32-34(29-17-9-3-10-18-29,30-19-11-4-12-20-30)33-28-23-21-27(22-24-28)31(25-13-5-1-6-14-25)26-15-7-2-8-16-26/h1-24,31-32,34H. The Labute approximate surface area is 201 Å². The molecule has 5 aromatic carbocycles. The Morgan fingerprint density at radius 2 is 0.794 bits per heavy atom. The zero-order valence-electron chi connectivity index (χ0n) is 18.8. The summed E-state index contributed by atoms with van der Waals surface area (Å²) in [7, 11) is -3.41. The average Bonchev–Trinajstić information content (AvgIpc) is 2.92. The first-order chi connectivity index (χ1) is 16.7. The summed E-state index contributed by atoms with van der Waals surface area (Å²) in [5.41, 5.74) is 3.65. The van der Waals surface area contributed by atoms with E-state index < -0.39 is 7.72 Å². The van der Waals surface area contributed by atoms with Crippen LogP contribution in [0.25, 0.3) is 0 Å². The van der Waals surface area contributed by atoms with E-state index in [-0.39, 0.29) is 5.92 Å². The van der Waals surface area contributed by atoms with Gasteiger partial charge in [-0.3, -0.25) is 0 Å². The second kappa shape index (κ2) is 10.1. The zero-order chi connectivity index (χ0) is 23.2. The molecule has 3 heteroatoms. The van der Waals surface area contributed by atoms with E-state index in [4.69, 9.17) is 4.52 Å². The summed E-state index contributed by atoms with van der Waals surface area (Å²) in [5.74, 6) is 0.779. The minimum atomic E-state index is -3.41. The van der Waals surface area contributed by atoms with Gasteiger partial charge >= 0.3 is 202 Å². The van der Waals surface area contributed by atoms with Crippen LogP contribution in [0, 0.1) is 0 Å². The van der Waals surface area contributed by atoms with Crippen LogP contribution < -0.4 is 15.1 Å². The van der Waals surface area contributed by atoms with Crippen LogP contribution >= 0.6 is 7.72 Å². The normalized spacial score (nSPS) is 11.8. The molecule has 2 nitrogen and oxygen atoms in total. The molecule has 5 rings (SSSR count). The molecule has 34 heavy (non-hydrogen) atoms. The molecule has 0 aliphatic carbocycles. The first-order valence-electron chi connectivity index (χ1n) is 11.5. The van der Waals surface area contributed by atoms with E-state index in [9.17, 15) is 4.89 Å². The molecule has 0 aliphatic heterocycles. The van der Waals surface area contributed by atoms with Gasteiger partial charge in [0.2, 0.25) is 0 Å². The van der Waals surface area contributed by atoms with Gasteiger partial charge in [-0.15, -0.1) is 0 Å². The molecule has 0 aliphatic rings. The number of hydrogen-bond acceptors (Lipinski definition) is 2. The molecule has 0 saturated heterocycles. The van der Waals surface area contributed by atoms with Crippen LogP contribution in [0.2, 0.25) is 0 Å². The Bertz CT molecular complexity index is 1230. The second-order valence-electron chi connectivity index (χ2n) is 8.30. The zero-order valence-corrected chi connectivity index (χ0v) is 19.8. The molecule has 0 fully saturated rings. The van der Waals surface area contributed by atoms with Crippen molar-refractivity contribution in [2.24, 2.45) is 0 Å². The Morgan fingerprint density at radius 1 is 0.441 bits per heavy atom. The molecule has 168 valence electrons. The van der Waals surface area contributed by atoms with Crippen molar-refractivity contribution in [3.8, 4) is 5.75 Å². The predicted molar refractivity (Wildman–Crippen MR) is 144 cm³/mol. The van der Waals surface area contributed by atoms with Crippen molar-refractivity contribution in [3.05, 3.63) is 162 Å². The fourth-order valence-electron chi connectivity index (χ4n) is 4.38. The van der Waals surface area contributed by atoms with Crippen LogP contribution in [-0.4, -0.2) is 4.89 Å². The third-order valence-corrected chi connectivity index (χ3v) is 8.84. The van der Waals surface area contributed by atoms with Crippen molar-refractivity contribution >= 4 is 18.3 Å². The molecule has 0 atom stereocenters. The van der Waals surface area contributed by atoms with Crippen LogP contribution in [0.1, 0.15) is 22.6 Å². The summed E-state index contributed by atoms with van der Waals surface area (Å²) in [5, 5.41) is 1.63. The third-order valence-electron chi connectivity index (χ3n) is 6.07. The van der Waals surface area contributed by atoms with Crippen LogP contribution in [0.3, 0.4) is 0 Å². The van der Waals surface area contributed by atoms with Crippen molar-refractivity contribution < 1.29 is 9.42 Å². The molecule has 0 aromatic heterocycles. The van der Waals surface area contributed by atoms with E-state index in [0.717, 1.165) is 10.6 Å². The summed E-state index contributed by atoms with van der Waals surface area (Å²) < 4.78 is 6.41. The van der Waals surface area contributed by atoms with Gasteiger partial charge in [-0.05, 0) is 0 Å². The molecule has 0 saturated carbocycles. The first kappa shape index (κ1) is 22.1. The topological polar surface area (TPSA) is 29.5 Å². The van der Waals surface area contributed by atoms with Gasteiger partial charge in [-0.25, -0.2) is 0 Å². The molecule has 0 bridgehead atoms. The summed E-state index contributed by atoms with van der Waals surface area (Å²) >= 11 is 0. The van der Waals surface area contributed by atoms with Gasteiger partial charge in [0.25, 0.3) is 0 Å². The van der Waals surface area contributed by atoms with Gasteiger partial charge in [0.15, 0.2) is 0 Å². The summed E-state index contributed by atoms with van der Waals surface area (Å²) in [6.45, 7) is 0. The molecule has 0 spiro atoms. The number of benzene rings is 5. The molecular formula is C31H27O2P. The maximum atomic E-state index is 11.9. The summed E-state index contributed by atoms with van der Waals surface area (Å²) in [6, 6.07) is 48.6. The molecule has 5 aromatic rings. The SMILES string of the molecule is O[PH](Oc1ccc(C(c2ccccc2)c2ccccc2)cc1)(c1ccccc1)c1ccccc1. The quantitative estimate of drug-likeness (QED) is 0.222. The van der Waals surface area contributed by atoms with Crippen LogP contribution in [0.4, 0.5) is 0 Å². The van der Waals surface area contributed by atoms with Gasteiger partial charge in [-0.2, -0.15) is 0 Å². The Morgan fingerprint density at radius 3 is 1.21 bits per heavy atom. The van der Waals surface area contributed by atoms with E-state index in [2.05, 4.69) is 60.7 Å². The van der Waals surface area contributed by atoms with E-state index in [1.807, 2.05) is 84.9 Å². The van der Waals surface area contributed by atoms with Crippen LogP contribution in [0.15, 0.2) is 146 Å². The molecule has 0 unspecified atom stereocenters. The average molecular weight is 463 g/mol. The minimum absolute atomic E-state index is 0.121. The summed E-state index contributed by atoms with van der Waals surface area (Å²) in [4.78, 5) is 11.9. The first-order valence-corrected chi connectivity index (χ1v) is 13.3. The van der Waals surface area contributed by atoms with Gasteiger partial charge in [0.05, 0.1) is 0 Å². The molecular weight excluding hydrogens is 435 g/mol. The van der Waals surface area contributed by atoms with Gasteiger partial charge in [0.1, 0.15) is 0 Å². The van der Waals surface area contributed by atoms with Crippen LogP contribution in [-0.2, 0) is 0 Å². The summed E-state index contributed by atoms with van der Waals surface area (Å²) in [6.07, 6.45) is 0. The Kier molecular flexibility index (Phi) is 6.53. The molecule has 1 N–H and O–H groups in total. The molecule has 0 radical (unpaired) electrons. The van der Waals surface area contributed by atoms with Crippen molar-refractivity contribution in [1.82, 2.24) is 0 Å². The van der Waals surface area contributed by atoms with E-state index >= 15 is 0 Å². The predicted octanol–water partition coefficient (Wildman–Crippen LogP) is 6.47. The van der Waals surface area contributed by atoms with Crippen LogP contribution in [0.5, 0.6) is 5.75 Å². The Balaban J connectivity index is 1.50. The van der Waals surface area contributed by atoms with E-state index in [1.165, 1.54) is 16.7 Å². The van der Waals surface area contributed by atoms with E-state index in [1.54, 1.807) is 0 Å². The van der Waals surface area contributed by atoms with Gasteiger partial charge in [-0.1, -0.05) is 0 Å². The maximum absolute atomic E-state index is 11.9. The second-order valence-corrected chi connectivity index (χ2v) is 10.9. The van der Waals surface area contributed by atoms with Gasteiger partial charge in [0, 0.05) is 0 Å². The Hall–Kier alpha value is -3.71. The van der Waals surface area contributed by atoms with Crippen molar-refractivity contribution in [2.75, 3.05) is 0 Å². The van der Waals surface area contributed by atoms with Crippen molar-refractivity contribution in [1.29, 1.82) is 0 Å².